The van der Waals surface area contributed by atoms with Crippen LogP contribution in [0.1, 0.15) is 31.8 Å². The molecule has 0 bridgehead atoms. The fourth-order valence-corrected chi connectivity index (χ4v) is 6.95. The molecule has 0 fully saturated rings. The molecule has 0 heterocycles. The number of rotatable bonds is 0. The first-order valence-electron chi connectivity index (χ1n) is 12.5. The molecule has 0 spiro atoms. The lowest BCUT2D eigenvalue weighted by Crippen LogP contribution is -2.11. The highest BCUT2D eigenvalue weighted by Gasteiger charge is 2.32. The minimum atomic E-state index is -0.283. The van der Waals surface area contributed by atoms with Crippen molar-refractivity contribution in [2.75, 3.05) is 0 Å². The summed E-state index contributed by atoms with van der Waals surface area (Å²) in [6.45, 7) is 0. The van der Waals surface area contributed by atoms with Crippen LogP contribution in [0, 0.1) is 0 Å². The Kier molecular flexibility index (Phi) is 3.33. The molecular formula is C34H16O4. The molecule has 0 unspecified atom stereocenters. The predicted molar refractivity (Wildman–Crippen MR) is 149 cm³/mol. The first-order chi connectivity index (χ1) is 18.5. The number of phenols is 2. The number of carbonyl (C=O) groups is 2. The maximum atomic E-state index is 13.6. The Morgan fingerprint density at radius 1 is 0.395 bits per heavy atom. The van der Waals surface area contributed by atoms with Gasteiger partial charge in [0.1, 0.15) is 0 Å². The van der Waals surface area contributed by atoms with Crippen molar-refractivity contribution in [1.82, 2.24) is 0 Å². The van der Waals surface area contributed by atoms with Gasteiger partial charge in [-0.3, -0.25) is 9.59 Å². The van der Waals surface area contributed by atoms with Gasteiger partial charge in [-0.2, -0.15) is 0 Å². The molecule has 7 aromatic rings. The monoisotopic (exact) mass is 488 g/mol. The molecule has 2 aliphatic carbocycles. The molecule has 38 heavy (non-hydrogen) atoms. The van der Waals surface area contributed by atoms with Crippen LogP contribution in [0.4, 0.5) is 0 Å². The molecule has 176 valence electrons. The average molecular weight is 488 g/mol. The molecule has 7 aromatic carbocycles. The summed E-state index contributed by atoms with van der Waals surface area (Å²) in [6, 6.07) is 26.7. The number of ketones is 2. The zero-order chi connectivity index (χ0) is 25.4. The normalized spacial score (nSPS) is 13.6. The van der Waals surface area contributed by atoms with E-state index in [-0.39, 0.29) is 23.1 Å². The van der Waals surface area contributed by atoms with Crippen molar-refractivity contribution in [1.29, 1.82) is 0 Å². The number of hydrogen-bond acceptors (Lipinski definition) is 4. The van der Waals surface area contributed by atoms with Gasteiger partial charge in [0.15, 0.2) is 23.1 Å². The number of carbonyl (C=O) groups excluding carboxylic acids is 2. The van der Waals surface area contributed by atoms with Gasteiger partial charge >= 0.3 is 0 Å². The topological polar surface area (TPSA) is 74.6 Å². The van der Waals surface area contributed by atoms with Crippen LogP contribution in [0.2, 0.25) is 0 Å². The van der Waals surface area contributed by atoms with Gasteiger partial charge < -0.3 is 10.2 Å². The molecule has 0 saturated carbocycles. The summed E-state index contributed by atoms with van der Waals surface area (Å²) in [4.78, 5) is 27.1. The fourth-order valence-electron chi connectivity index (χ4n) is 6.95. The molecule has 4 heteroatoms. The van der Waals surface area contributed by atoms with Crippen molar-refractivity contribution < 1.29 is 19.8 Å². The van der Waals surface area contributed by atoms with E-state index in [0.717, 1.165) is 65.3 Å². The van der Waals surface area contributed by atoms with E-state index in [4.69, 9.17) is 0 Å². The lowest BCUT2D eigenvalue weighted by Gasteiger charge is -2.26. The van der Waals surface area contributed by atoms with Gasteiger partial charge in [-0.05, 0) is 73.3 Å². The van der Waals surface area contributed by atoms with Crippen molar-refractivity contribution in [3.8, 4) is 33.8 Å². The molecule has 0 saturated heterocycles. The number of fused-ring (bicyclic) bond motifs is 6. The van der Waals surface area contributed by atoms with Crippen LogP contribution in [0.5, 0.6) is 11.5 Å². The molecular weight excluding hydrogens is 472 g/mol. The van der Waals surface area contributed by atoms with Crippen molar-refractivity contribution in [2.45, 2.75) is 0 Å². The van der Waals surface area contributed by atoms with E-state index in [9.17, 15) is 19.8 Å². The Morgan fingerprint density at radius 2 is 0.868 bits per heavy atom. The highest BCUT2D eigenvalue weighted by molar-refractivity contribution is 6.41. The first-order valence-corrected chi connectivity index (χ1v) is 12.5. The first kappa shape index (κ1) is 19.9. The number of aromatic hydroxyl groups is 2. The van der Waals surface area contributed by atoms with E-state index in [1.807, 2.05) is 60.7 Å². The van der Waals surface area contributed by atoms with Gasteiger partial charge in [-0.15, -0.1) is 0 Å². The van der Waals surface area contributed by atoms with E-state index >= 15 is 0 Å². The molecule has 0 atom stereocenters. The van der Waals surface area contributed by atoms with Crippen LogP contribution in [-0.2, 0) is 0 Å². The minimum absolute atomic E-state index is 0.0327. The zero-order valence-corrected chi connectivity index (χ0v) is 19.8. The molecule has 0 radical (unpaired) electrons. The standard InChI is InChI=1S/C34H16O4/c35-26-14-13-25-31(34(26)38)22-10-7-18-17-6-5-16-15-3-1-2-4-21(15)32(36)23-11-8-19(27(17)29(16)23)20-9-12-24(33(25)37)30(22)28(18)20/h1-14,35,38H. The van der Waals surface area contributed by atoms with Crippen LogP contribution >= 0.6 is 0 Å². The summed E-state index contributed by atoms with van der Waals surface area (Å²) >= 11 is 0. The summed E-state index contributed by atoms with van der Waals surface area (Å²) in [5.74, 6) is -0.681. The van der Waals surface area contributed by atoms with Crippen molar-refractivity contribution in [2.24, 2.45) is 0 Å². The number of phenolic OH excluding ortho intramolecular Hbond substituents is 2. The summed E-state index contributed by atoms with van der Waals surface area (Å²) in [5, 5.41) is 28.8. The van der Waals surface area contributed by atoms with Gasteiger partial charge in [0.05, 0.1) is 0 Å². The highest BCUT2D eigenvalue weighted by Crippen LogP contribution is 2.52. The number of hydrogen-bond donors (Lipinski definition) is 2. The second-order valence-electron chi connectivity index (χ2n) is 10.2. The van der Waals surface area contributed by atoms with Crippen LogP contribution in [-0.4, -0.2) is 21.8 Å². The third-order valence-corrected chi connectivity index (χ3v) is 8.52. The van der Waals surface area contributed by atoms with E-state index in [1.54, 1.807) is 6.07 Å². The smallest absolute Gasteiger partial charge is 0.194 e. The SMILES string of the molecule is O=C1c2ccccc2-c2ccc3c4ccc5c6c(ccc(c7ccc1c2c73)c64)C(=O)c1ccc(O)c(O)c1-5. The van der Waals surface area contributed by atoms with Crippen LogP contribution < -0.4 is 0 Å². The lowest BCUT2D eigenvalue weighted by molar-refractivity contribution is 0.103. The summed E-state index contributed by atoms with van der Waals surface area (Å²) < 4.78 is 0. The van der Waals surface area contributed by atoms with E-state index in [2.05, 4.69) is 12.1 Å². The van der Waals surface area contributed by atoms with Crippen molar-refractivity contribution in [3.05, 3.63) is 107 Å². The average Bonchev–Trinajstić information content (AvgIpc) is 2.95. The zero-order valence-electron chi connectivity index (χ0n) is 19.8. The molecule has 2 N–H and O–H groups in total. The Morgan fingerprint density at radius 3 is 1.50 bits per heavy atom. The summed E-state index contributed by atoms with van der Waals surface area (Å²) in [5.41, 5.74) is 5.47. The maximum Gasteiger partial charge on any atom is 0.194 e. The van der Waals surface area contributed by atoms with Crippen molar-refractivity contribution in [3.63, 3.8) is 0 Å². The summed E-state index contributed by atoms with van der Waals surface area (Å²) in [6.07, 6.45) is 0. The quantitative estimate of drug-likeness (QED) is 0.131. The van der Waals surface area contributed by atoms with Crippen LogP contribution in [0.3, 0.4) is 0 Å². The Bertz CT molecular complexity index is 2270. The van der Waals surface area contributed by atoms with Crippen molar-refractivity contribution >= 4 is 54.7 Å². The molecule has 0 aromatic heterocycles. The van der Waals surface area contributed by atoms with Crippen LogP contribution in [0.15, 0.2) is 84.9 Å². The van der Waals surface area contributed by atoms with Gasteiger partial charge in [-0.1, -0.05) is 60.7 Å². The Labute approximate surface area is 215 Å². The third kappa shape index (κ3) is 2.07. The van der Waals surface area contributed by atoms with E-state index in [1.165, 1.54) is 6.07 Å². The molecule has 4 nitrogen and oxygen atoms in total. The van der Waals surface area contributed by atoms with Gasteiger partial charge in [-0.25, -0.2) is 0 Å². The fraction of sp³-hybridized carbons (Fsp3) is 0. The largest absolute Gasteiger partial charge is 0.504 e. The predicted octanol–water partition coefficient (Wildman–Crippen LogP) is 7.57. The second kappa shape index (κ2) is 6.36. The molecule has 0 aliphatic heterocycles. The van der Waals surface area contributed by atoms with Gasteiger partial charge in [0, 0.05) is 38.6 Å². The van der Waals surface area contributed by atoms with Gasteiger partial charge in [0.25, 0.3) is 0 Å². The maximum absolute atomic E-state index is 13.6. The second-order valence-corrected chi connectivity index (χ2v) is 10.2. The van der Waals surface area contributed by atoms with Crippen LogP contribution in [0.25, 0.3) is 65.3 Å². The Balaban J connectivity index is 1.52. The minimum Gasteiger partial charge on any atom is -0.504 e. The van der Waals surface area contributed by atoms with E-state index < -0.39 is 0 Å². The van der Waals surface area contributed by atoms with Gasteiger partial charge in [0.2, 0.25) is 0 Å². The Hall–Kier alpha value is -5.22. The molecule has 2 aliphatic rings. The molecule has 0 amide bonds. The number of benzene rings is 7. The highest BCUT2D eigenvalue weighted by atomic mass is 16.3. The van der Waals surface area contributed by atoms with E-state index in [0.29, 0.717) is 22.3 Å². The lowest BCUT2D eigenvalue weighted by atomic mass is 9.76. The molecule has 9 rings (SSSR count). The summed E-state index contributed by atoms with van der Waals surface area (Å²) in [7, 11) is 0. The third-order valence-electron chi connectivity index (χ3n) is 8.52.